The largest absolute Gasteiger partial charge is 0.507 e. The number of benzene rings is 2. The minimum absolute atomic E-state index is 0.173. The van der Waals surface area contributed by atoms with Crippen LogP contribution in [0.2, 0.25) is 5.02 Å². The van der Waals surface area contributed by atoms with Gasteiger partial charge in [0.05, 0.1) is 4.91 Å². The molecule has 1 aliphatic rings. The number of phenols is 1. The zero-order valence-electron chi connectivity index (χ0n) is 14.6. The lowest BCUT2D eigenvalue weighted by Gasteiger charge is -2.14. The number of rotatable bonds is 5. The van der Waals surface area contributed by atoms with Gasteiger partial charge in [-0.15, -0.1) is 0 Å². The summed E-state index contributed by atoms with van der Waals surface area (Å²) < 4.78 is 0.238. The second kappa shape index (κ2) is 8.64. The molecule has 3 rings (SSSR count). The van der Waals surface area contributed by atoms with Crippen LogP contribution in [0.5, 0.6) is 5.75 Å². The number of aromatic hydroxyl groups is 1. The summed E-state index contributed by atoms with van der Waals surface area (Å²) in [4.78, 5) is 37.5. The van der Waals surface area contributed by atoms with Gasteiger partial charge in [0, 0.05) is 10.7 Å². The van der Waals surface area contributed by atoms with Crippen LogP contribution in [0.25, 0.3) is 6.08 Å². The number of nitrogens with zero attached hydrogens (tertiary/aromatic N) is 1. The van der Waals surface area contributed by atoms with E-state index >= 15 is 0 Å². The Balaban J connectivity index is 1.70. The van der Waals surface area contributed by atoms with Crippen LogP contribution in [0.3, 0.4) is 0 Å². The maximum Gasteiger partial charge on any atom is 0.339 e. The number of nitrogens with one attached hydrogen (secondary N) is 1. The van der Waals surface area contributed by atoms with Gasteiger partial charge in [0.1, 0.15) is 22.2 Å². The topological polar surface area (TPSA) is 107 Å². The molecule has 0 aliphatic carbocycles. The van der Waals surface area contributed by atoms with Gasteiger partial charge in [-0.2, -0.15) is 0 Å². The summed E-state index contributed by atoms with van der Waals surface area (Å²) in [5.74, 6) is -2.71. The van der Waals surface area contributed by atoms with Gasteiger partial charge >= 0.3 is 5.97 Å². The number of anilines is 1. The van der Waals surface area contributed by atoms with Crippen LogP contribution < -0.4 is 5.32 Å². The third-order valence-electron chi connectivity index (χ3n) is 3.85. The number of thiocarbonyl (C=S) groups is 1. The Kier molecular flexibility index (Phi) is 6.21. The van der Waals surface area contributed by atoms with E-state index in [-0.39, 0.29) is 22.1 Å². The van der Waals surface area contributed by atoms with Crippen molar-refractivity contribution < 1.29 is 24.6 Å². The second-order valence-electron chi connectivity index (χ2n) is 5.90. The highest BCUT2D eigenvalue weighted by atomic mass is 35.5. The number of aromatic carboxylic acids is 1. The van der Waals surface area contributed by atoms with Crippen LogP contribution in [-0.4, -0.2) is 43.8 Å². The van der Waals surface area contributed by atoms with Gasteiger partial charge in [-0.1, -0.05) is 47.7 Å². The molecule has 0 atom stereocenters. The summed E-state index contributed by atoms with van der Waals surface area (Å²) in [5, 5.41) is 21.6. The van der Waals surface area contributed by atoms with Crippen LogP contribution in [0.1, 0.15) is 15.9 Å². The Morgan fingerprint density at radius 3 is 2.55 bits per heavy atom. The third-order valence-corrected chi connectivity index (χ3v) is 5.48. The molecule has 0 radical (unpaired) electrons. The van der Waals surface area contributed by atoms with E-state index in [0.29, 0.717) is 9.93 Å². The third kappa shape index (κ3) is 4.94. The lowest BCUT2D eigenvalue weighted by atomic mass is 10.2. The first-order valence-corrected chi connectivity index (χ1v) is 9.72. The highest BCUT2D eigenvalue weighted by Gasteiger charge is 2.33. The van der Waals surface area contributed by atoms with Crippen molar-refractivity contribution in [1.29, 1.82) is 0 Å². The Hall–Kier alpha value is -2.88. The zero-order valence-corrected chi connectivity index (χ0v) is 17.0. The highest BCUT2D eigenvalue weighted by molar-refractivity contribution is 8.26. The van der Waals surface area contributed by atoms with E-state index in [2.05, 4.69) is 5.32 Å². The Labute approximate surface area is 180 Å². The van der Waals surface area contributed by atoms with Gasteiger partial charge in [0.2, 0.25) is 5.91 Å². The molecule has 1 heterocycles. The first-order valence-electron chi connectivity index (χ1n) is 8.11. The molecule has 0 bridgehead atoms. The van der Waals surface area contributed by atoms with Crippen molar-refractivity contribution in [3.05, 3.63) is 63.5 Å². The molecule has 1 fully saturated rings. The minimum Gasteiger partial charge on any atom is -0.507 e. The lowest BCUT2D eigenvalue weighted by Crippen LogP contribution is -2.36. The van der Waals surface area contributed by atoms with Crippen molar-refractivity contribution in [2.24, 2.45) is 0 Å². The summed E-state index contributed by atoms with van der Waals surface area (Å²) in [5.41, 5.74) is 0.594. The molecule has 2 aromatic carbocycles. The molecular weight excluding hydrogens is 436 g/mol. The number of halogens is 1. The summed E-state index contributed by atoms with van der Waals surface area (Å²) in [6, 6.07) is 10.5. The zero-order chi connectivity index (χ0) is 21.1. The van der Waals surface area contributed by atoms with E-state index < -0.39 is 23.5 Å². The van der Waals surface area contributed by atoms with Crippen molar-refractivity contribution in [2.45, 2.75) is 0 Å². The molecule has 1 aliphatic heterocycles. The second-order valence-corrected chi connectivity index (χ2v) is 8.02. The average Bonchev–Trinajstić information content (AvgIpc) is 2.92. The number of carbonyl (C=O) groups excluding carboxylic acids is 2. The average molecular weight is 449 g/mol. The van der Waals surface area contributed by atoms with Crippen molar-refractivity contribution in [3.8, 4) is 5.75 Å². The Bertz CT molecular complexity index is 1050. The monoisotopic (exact) mass is 448 g/mol. The van der Waals surface area contributed by atoms with Crippen molar-refractivity contribution >= 4 is 69.4 Å². The van der Waals surface area contributed by atoms with E-state index in [1.54, 1.807) is 30.3 Å². The molecule has 148 valence electrons. The number of hydrogen-bond acceptors (Lipinski definition) is 6. The van der Waals surface area contributed by atoms with Gasteiger partial charge in [-0.25, -0.2) is 4.79 Å². The summed E-state index contributed by atoms with van der Waals surface area (Å²) in [7, 11) is 0. The van der Waals surface area contributed by atoms with Gasteiger partial charge in [0.15, 0.2) is 0 Å². The number of amides is 2. The van der Waals surface area contributed by atoms with Gasteiger partial charge in [-0.3, -0.25) is 14.5 Å². The Morgan fingerprint density at radius 2 is 1.90 bits per heavy atom. The van der Waals surface area contributed by atoms with Crippen molar-refractivity contribution in [3.63, 3.8) is 0 Å². The summed E-state index contributed by atoms with van der Waals surface area (Å²) >= 11 is 12.1. The van der Waals surface area contributed by atoms with Gasteiger partial charge in [0.25, 0.3) is 5.91 Å². The van der Waals surface area contributed by atoms with E-state index in [9.17, 15) is 19.5 Å². The lowest BCUT2D eigenvalue weighted by molar-refractivity contribution is -0.126. The molecule has 2 aromatic rings. The first kappa shape index (κ1) is 20.8. The van der Waals surface area contributed by atoms with Gasteiger partial charge in [-0.05, 0) is 42.0 Å². The van der Waals surface area contributed by atoms with Crippen LogP contribution in [0, 0.1) is 0 Å². The van der Waals surface area contributed by atoms with Crippen LogP contribution in [0.15, 0.2) is 47.4 Å². The standard InChI is InChI=1S/C19H13ClN2O5S2/c20-11-3-1-10(2-4-11)7-15-17(25)22(19(28)29-15)9-16(24)21-12-5-6-14(23)13(8-12)18(26)27/h1-8,23H,9H2,(H,21,24)(H,26,27)/b15-7+. The first-order chi connectivity index (χ1) is 13.7. The number of thioether (sulfide) groups is 1. The Morgan fingerprint density at radius 1 is 1.21 bits per heavy atom. The number of carbonyl (C=O) groups is 3. The molecule has 0 saturated carbocycles. The van der Waals surface area contributed by atoms with Crippen molar-refractivity contribution in [2.75, 3.05) is 11.9 Å². The van der Waals surface area contributed by atoms with Crippen LogP contribution in [-0.2, 0) is 9.59 Å². The highest BCUT2D eigenvalue weighted by Crippen LogP contribution is 2.32. The molecule has 1 saturated heterocycles. The van der Waals surface area contributed by atoms with Gasteiger partial charge < -0.3 is 15.5 Å². The molecule has 10 heteroatoms. The maximum absolute atomic E-state index is 12.6. The number of carboxylic acid groups (broad SMARTS) is 1. The SMILES string of the molecule is O=C(CN1C(=O)/C(=C\c2ccc(Cl)cc2)SC1=S)Nc1ccc(O)c(C(=O)O)c1. The normalized spacial score (nSPS) is 15.1. The fourth-order valence-electron chi connectivity index (χ4n) is 2.48. The maximum atomic E-state index is 12.6. The number of hydrogen-bond donors (Lipinski definition) is 3. The smallest absolute Gasteiger partial charge is 0.339 e. The molecular formula is C19H13ClN2O5S2. The molecule has 2 amide bonds. The van der Waals surface area contributed by atoms with Crippen LogP contribution in [0.4, 0.5) is 5.69 Å². The van der Waals surface area contributed by atoms with E-state index in [1.807, 2.05) is 0 Å². The molecule has 0 aromatic heterocycles. The molecule has 7 nitrogen and oxygen atoms in total. The quantitative estimate of drug-likeness (QED) is 0.364. The van der Waals surface area contributed by atoms with E-state index in [4.69, 9.17) is 28.9 Å². The number of carboxylic acids is 1. The molecule has 0 unspecified atom stereocenters. The van der Waals surface area contributed by atoms with Crippen LogP contribution >= 0.6 is 35.6 Å². The molecule has 0 spiro atoms. The van der Waals surface area contributed by atoms with E-state index in [0.717, 1.165) is 34.4 Å². The predicted octanol–water partition coefficient (Wildman–Crippen LogP) is 3.58. The predicted molar refractivity (Wildman–Crippen MR) is 115 cm³/mol. The van der Waals surface area contributed by atoms with Crippen molar-refractivity contribution in [1.82, 2.24) is 4.90 Å². The van der Waals surface area contributed by atoms with E-state index in [1.165, 1.54) is 6.07 Å². The fraction of sp³-hybridized carbons (Fsp3) is 0.0526. The summed E-state index contributed by atoms with van der Waals surface area (Å²) in [6.07, 6.45) is 1.66. The minimum atomic E-state index is -1.33. The molecule has 3 N–H and O–H groups in total. The molecule has 29 heavy (non-hydrogen) atoms. The summed E-state index contributed by atoms with van der Waals surface area (Å²) in [6.45, 7) is -0.327. The fourth-order valence-corrected chi connectivity index (χ4v) is 3.86.